The number of aromatic nitrogens is 3. The number of aliphatic hydroxyl groups is 1. The molecule has 0 fully saturated rings. The van der Waals surface area contributed by atoms with E-state index in [-0.39, 0.29) is 5.82 Å². The maximum Gasteiger partial charge on any atom is 0.123 e. The molecule has 1 unspecified atom stereocenters. The average Bonchev–Trinajstić information content (AvgIpc) is 2.77. The van der Waals surface area contributed by atoms with Crippen LogP contribution in [0.5, 0.6) is 0 Å². The fourth-order valence-electron chi connectivity index (χ4n) is 1.63. The molecule has 2 rings (SSSR count). The summed E-state index contributed by atoms with van der Waals surface area (Å²) in [5.41, 5.74) is 2.05. The van der Waals surface area contributed by atoms with Crippen LogP contribution in [-0.4, -0.2) is 20.1 Å². The van der Waals surface area contributed by atoms with E-state index < -0.39 is 6.10 Å². The minimum atomic E-state index is -0.607. The molecular formula is C12H14FN3O. The van der Waals surface area contributed by atoms with Gasteiger partial charge in [0.2, 0.25) is 0 Å². The highest BCUT2D eigenvalue weighted by molar-refractivity contribution is 5.39. The van der Waals surface area contributed by atoms with E-state index in [0.717, 1.165) is 11.3 Å². The molecule has 5 heteroatoms. The third-order valence-electron chi connectivity index (χ3n) is 2.64. The van der Waals surface area contributed by atoms with Gasteiger partial charge in [0.25, 0.3) is 0 Å². The minimum Gasteiger partial charge on any atom is -0.387 e. The average molecular weight is 235 g/mol. The van der Waals surface area contributed by atoms with Gasteiger partial charge in [-0.3, -0.25) is 0 Å². The van der Waals surface area contributed by atoms with Gasteiger partial charge in [-0.2, -0.15) is 0 Å². The van der Waals surface area contributed by atoms with Crippen LogP contribution >= 0.6 is 0 Å². The Bertz CT molecular complexity index is 524. The fraction of sp³-hybridized carbons (Fsp3) is 0.333. The predicted octanol–water partition coefficient (Wildman–Crippen LogP) is 2.16. The smallest absolute Gasteiger partial charge is 0.123 e. The molecule has 0 aliphatic heterocycles. The molecule has 0 aliphatic carbocycles. The highest BCUT2D eigenvalue weighted by Gasteiger charge is 2.11. The number of benzene rings is 1. The Hall–Kier alpha value is -1.75. The Labute approximate surface area is 98.7 Å². The van der Waals surface area contributed by atoms with Crippen LogP contribution in [0.3, 0.4) is 0 Å². The van der Waals surface area contributed by atoms with Crippen molar-refractivity contribution in [2.24, 2.45) is 0 Å². The number of halogens is 1. The van der Waals surface area contributed by atoms with Crippen molar-refractivity contribution >= 4 is 0 Å². The lowest BCUT2D eigenvalue weighted by atomic mass is 10.2. The molecule has 0 aliphatic rings. The molecule has 0 spiro atoms. The molecule has 0 saturated carbocycles. The second-order valence-electron chi connectivity index (χ2n) is 3.94. The van der Waals surface area contributed by atoms with E-state index in [4.69, 9.17) is 0 Å². The fourth-order valence-corrected chi connectivity index (χ4v) is 1.63. The molecule has 1 aromatic carbocycles. The van der Waals surface area contributed by atoms with Crippen molar-refractivity contribution in [2.45, 2.75) is 26.4 Å². The van der Waals surface area contributed by atoms with Crippen molar-refractivity contribution in [1.82, 2.24) is 15.0 Å². The van der Waals surface area contributed by atoms with E-state index in [1.807, 2.05) is 6.92 Å². The van der Waals surface area contributed by atoms with Gasteiger partial charge in [-0.1, -0.05) is 12.1 Å². The molecule has 90 valence electrons. The lowest BCUT2D eigenvalue weighted by Gasteiger charge is -2.04. The molecule has 2 aromatic rings. The molecule has 0 bridgehead atoms. The van der Waals surface area contributed by atoms with Gasteiger partial charge < -0.3 is 5.11 Å². The molecule has 17 heavy (non-hydrogen) atoms. The highest BCUT2D eigenvalue weighted by Crippen LogP contribution is 2.17. The van der Waals surface area contributed by atoms with Gasteiger partial charge in [0.15, 0.2) is 0 Å². The predicted molar refractivity (Wildman–Crippen MR) is 61.3 cm³/mol. The van der Waals surface area contributed by atoms with Crippen LogP contribution in [0.4, 0.5) is 4.39 Å². The number of hydrogen-bond acceptors (Lipinski definition) is 3. The van der Waals surface area contributed by atoms with Crippen molar-refractivity contribution in [2.75, 3.05) is 0 Å². The molecule has 0 amide bonds. The summed E-state index contributed by atoms with van der Waals surface area (Å²) >= 11 is 0. The summed E-state index contributed by atoms with van der Waals surface area (Å²) < 4.78 is 14.5. The number of aryl methyl sites for hydroxylation is 1. The molecular weight excluding hydrogens is 221 g/mol. The summed E-state index contributed by atoms with van der Waals surface area (Å²) in [4.78, 5) is 0. The van der Waals surface area contributed by atoms with Gasteiger partial charge >= 0.3 is 0 Å². The van der Waals surface area contributed by atoms with Crippen LogP contribution in [0.15, 0.2) is 24.4 Å². The molecule has 1 aromatic heterocycles. The Morgan fingerprint density at radius 1 is 1.47 bits per heavy atom. The van der Waals surface area contributed by atoms with Gasteiger partial charge in [-0.25, -0.2) is 9.07 Å². The maximum absolute atomic E-state index is 13.0. The Balaban J connectivity index is 2.37. The molecule has 0 radical (unpaired) electrons. The third kappa shape index (κ3) is 2.34. The number of nitrogens with zero attached hydrogens (tertiary/aromatic N) is 3. The summed E-state index contributed by atoms with van der Waals surface area (Å²) in [5.74, 6) is -0.278. The number of rotatable bonds is 3. The van der Waals surface area contributed by atoms with Crippen molar-refractivity contribution in [3.63, 3.8) is 0 Å². The van der Waals surface area contributed by atoms with E-state index in [1.54, 1.807) is 23.9 Å². The molecule has 0 saturated heterocycles. The zero-order chi connectivity index (χ0) is 12.4. The summed E-state index contributed by atoms with van der Waals surface area (Å²) in [7, 11) is 0. The quantitative estimate of drug-likeness (QED) is 0.886. The lowest BCUT2D eigenvalue weighted by molar-refractivity contribution is 0.169. The normalized spacial score (nSPS) is 12.7. The van der Waals surface area contributed by atoms with Gasteiger partial charge in [-0.15, -0.1) is 5.10 Å². The van der Waals surface area contributed by atoms with Crippen LogP contribution < -0.4 is 0 Å². The number of hydrogen-bond donors (Lipinski definition) is 1. The summed E-state index contributed by atoms with van der Waals surface area (Å²) in [6, 6.07) is 4.45. The Morgan fingerprint density at radius 3 is 2.88 bits per heavy atom. The van der Waals surface area contributed by atoms with Gasteiger partial charge in [0.1, 0.15) is 11.5 Å². The maximum atomic E-state index is 13.0. The Kier molecular flexibility index (Phi) is 3.19. The molecule has 1 atom stereocenters. The van der Waals surface area contributed by atoms with E-state index in [0.29, 0.717) is 12.1 Å². The lowest BCUT2D eigenvalue weighted by Crippen LogP contribution is -1.98. The second-order valence-corrected chi connectivity index (χ2v) is 3.94. The van der Waals surface area contributed by atoms with Gasteiger partial charge in [-0.05, 0) is 37.1 Å². The first-order valence-corrected chi connectivity index (χ1v) is 5.48. The van der Waals surface area contributed by atoms with E-state index >= 15 is 0 Å². The third-order valence-corrected chi connectivity index (χ3v) is 2.64. The summed E-state index contributed by atoms with van der Waals surface area (Å²) in [6.45, 7) is 3.67. The molecule has 1 heterocycles. The zero-order valence-corrected chi connectivity index (χ0v) is 9.76. The zero-order valence-electron chi connectivity index (χ0n) is 9.76. The van der Waals surface area contributed by atoms with Crippen LogP contribution in [0.25, 0.3) is 5.69 Å². The monoisotopic (exact) mass is 235 g/mol. The Morgan fingerprint density at radius 2 is 2.24 bits per heavy atom. The van der Waals surface area contributed by atoms with E-state index in [2.05, 4.69) is 10.3 Å². The molecule has 4 nitrogen and oxygen atoms in total. The summed E-state index contributed by atoms with van der Waals surface area (Å²) in [6.07, 6.45) is 1.64. The minimum absolute atomic E-state index is 0.278. The molecule has 1 N–H and O–H groups in total. The first-order chi connectivity index (χ1) is 8.11. The standard InChI is InChI=1S/C12H14FN3O/c1-3-12(17)10-7-16(15-14-10)11-5-4-9(13)6-8(11)2/h4-7,12,17H,3H2,1-2H3. The van der Waals surface area contributed by atoms with Crippen molar-refractivity contribution in [3.8, 4) is 5.69 Å². The first kappa shape index (κ1) is 11.7. The topological polar surface area (TPSA) is 50.9 Å². The summed E-state index contributed by atoms with van der Waals surface area (Å²) in [5, 5.41) is 17.5. The number of aliphatic hydroxyl groups excluding tert-OH is 1. The SMILES string of the molecule is CCC(O)c1cn(-c2ccc(F)cc2C)nn1. The van der Waals surface area contributed by atoms with Crippen LogP contribution in [-0.2, 0) is 0 Å². The van der Waals surface area contributed by atoms with Crippen molar-refractivity contribution in [3.05, 3.63) is 41.5 Å². The second kappa shape index (κ2) is 4.63. The van der Waals surface area contributed by atoms with Gasteiger partial charge in [0.05, 0.1) is 18.0 Å². The first-order valence-electron chi connectivity index (χ1n) is 5.48. The largest absolute Gasteiger partial charge is 0.387 e. The van der Waals surface area contributed by atoms with Crippen LogP contribution in [0.2, 0.25) is 0 Å². The van der Waals surface area contributed by atoms with Crippen molar-refractivity contribution in [1.29, 1.82) is 0 Å². The van der Waals surface area contributed by atoms with Crippen molar-refractivity contribution < 1.29 is 9.50 Å². The van der Waals surface area contributed by atoms with E-state index in [1.165, 1.54) is 12.1 Å². The van der Waals surface area contributed by atoms with E-state index in [9.17, 15) is 9.50 Å². The highest BCUT2D eigenvalue weighted by atomic mass is 19.1. The van der Waals surface area contributed by atoms with Crippen LogP contribution in [0.1, 0.15) is 30.7 Å². The van der Waals surface area contributed by atoms with Gasteiger partial charge in [0, 0.05) is 0 Å². The van der Waals surface area contributed by atoms with Crippen LogP contribution in [0, 0.1) is 12.7 Å².